The van der Waals surface area contributed by atoms with Crippen LogP contribution in [-0.2, 0) is 65.4 Å². The molecule has 0 aromatic heterocycles. The fourth-order valence-electron chi connectivity index (χ4n) is 10.9. The molecule has 0 rings (SSSR count). The minimum Gasteiger partial charge on any atom is -0.462 e. The summed E-state index contributed by atoms with van der Waals surface area (Å²) < 4.78 is 68.3. The minimum atomic E-state index is -4.95. The third kappa shape index (κ3) is 66.5. The highest BCUT2D eigenvalue weighted by Gasteiger charge is 2.30. The third-order valence-corrected chi connectivity index (χ3v) is 18.5. The second-order valence-electron chi connectivity index (χ2n) is 27.4. The Hall–Kier alpha value is -1.94. The number of ether oxygens (including phenoxy) is 4. The smallest absolute Gasteiger partial charge is 0.462 e. The summed E-state index contributed by atoms with van der Waals surface area (Å²) in [5.74, 6) is 0.196. The molecule has 0 aromatic rings. The lowest BCUT2D eigenvalue weighted by molar-refractivity contribution is -0.161. The third-order valence-electron chi connectivity index (χ3n) is 16.6. The van der Waals surface area contributed by atoms with Crippen molar-refractivity contribution in [2.45, 2.75) is 381 Å². The van der Waals surface area contributed by atoms with E-state index < -0.39 is 97.5 Å². The molecule has 0 saturated carbocycles. The quantitative estimate of drug-likeness (QED) is 0.0222. The van der Waals surface area contributed by atoms with Crippen LogP contribution in [0.1, 0.15) is 363 Å². The lowest BCUT2D eigenvalue weighted by Crippen LogP contribution is -2.30. The monoisotopic (exact) mass is 1340 g/mol. The first kappa shape index (κ1) is 89.1. The molecular weight excluding hydrogens is 1200 g/mol. The Balaban J connectivity index is 5.21. The Morgan fingerprint density at radius 1 is 0.297 bits per heavy atom. The van der Waals surface area contributed by atoms with Crippen LogP contribution in [0.4, 0.5) is 0 Å². The van der Waals surface area contributed by atoms with Gasteiger partial charge in [-0.15, -0.1) is 0 Å². The Bertz CT molecular complexity index is 1780. The standard InChI is InChI=1S/C72H140O17P2/c1-8-9-10-11-29-39-46-53-69(74)82-59-67(88-72(77)56-49-42-35-28-22-16-19-25-32-38-45-52-65(6)7)61-86-90(78,79)84-57-66(73)58-85-91(80,81)87-62-68(60-83-70(75)54-47-40-33-26-21-15-18-24-31-37-44-51-64(4)5)89-71(76)55-48-41-34-27-20-14-12-13-17-23-30-36-43-50-63(2)3/h63-68,73H,8-62H2,1-7H3,(H,78,79)(H,80,81)/t66-,67+,68+/m0/s1. The van der Waals surface area contributed by atoms with Gasteiger partial charge in [-0.05, 0) is 43.4 Å². The average Bonchev–Trinajstić information content (AvgIpc) is 3.71. The maximum Gasteiger partial charge on any atom is 0.472 e. The molecule has 0 saturated heterocycles. The zero-order chi connectivity index (χ0) is 67.3. The van der Waals surface area contributed by atoms with Crippen LogP contribution in [0.5, 0.6) is 0 Å². The molecule has 0 aliphatic heterocycles. The second kappa shape index (κ2) is 62.8. The van der Waals surface area contributed by atoms with Crippen LogP contribution in [0.25, 0.3) is 0 Å². The van der Waals surface area contributed by atoms with Crippen LogP contribution < -0.4 is 0 Å². The van der Waals surface area contributed by atoms with Gasteiger partial charge in [0.15, 0.2) is 12.2 Å². The number of phosphoric acid groups is 2. The molecule has 17 nitrogen and oxygen atoms in total. The molecule has 0 bridgehead atoms. The van der Waals surface area contributed by atoms with Crippen molar-refractivity contribution >= 4 is 39.5 Å². The highest BCUT2D eigenvalue weighted by atomic mass is 31.2. The van der Waals surface area contributed by atoms with Crippen molar-refractivity contribution in [1.29, 1.82) is 0 Å². The van der Waals surface area contributed by atoms with Crippen LogP contribution in [-0.4, -0.2) is 96.7 Å². The lowest BCUT2D eigenvalue weighted by Gasteiger charge is -2.21. The van der Waals surface area contributed by atoms with Gasteiger partial charge in [0.05, 0.1) is 26.4 Å². The molecule has 0 spiro atoms. The van der Waals surface area contributed by atoms with Crippen LogP contribution in [0.3, 0.4) is 0 Å². The molecule has 19 heteroatoms. The molecule has 0 amide bonds. The van der Waals surface area contributed by atoms with E-state index in [4.69, 9.17) is 37.0 Å². The summed E-state index contributed by atoms with van der Waals surface area (Å²) in [4.78, 5) is 72.5. The molecule has 540 valence electrons. The zero-order valence-electron chi connectivity index (χ0n) is 59.3. The van der Waals surface area contributed by atoms with Crippen LogP contribution in [0.15, 0.2) is 0 Å². The summed E-state index contributed by atoms with van der Waals surface area (Å²) >= 11 is 0. The van der Waals surface area contributed by atoms with E-state index in [2.05, 4.69) is 48.5 Å². The van der Waals surface area contributed by atoms with E-state index in [1.807, 2.05) is 0 Å². The molecule has 0 aliphatic carbocycles. The Labute approximate surface area is 556 Å². The number of rotatable bonds is 70. The predicted octanol–water partition coefficient (Wildman–Crippen LogP) is 20.6. The van der Waals surface area contributed by atoms with Crippen molar-refractivity contribution in [2.75, 3.05) is 39.6 Å². The highest BCUT2D eigenvalue weighted by Crippen LogP contribution is 2.45. The normalized spacial score (nSPS) is 14.2. The number of aliphatic hydroxyl groups excluding tert-OH is 1. The molecule has 0 radical (unpaired) electrons. The number of carbonyl (C=O) groups excluding carboxylic acids is 4. The summed E-state index contributed by atoms with van der Waals surface area (Å²) in [6.45, 7) is 11.8. The summed E-state index contributed by atoms with van der Waals surface area (Å²) in [5.41, 5.74) is 0. The minimum absolute atomic E-state index is 0.106. The molecule has 0 aliphatic rings. The van der Waals surface area contributed by atoms with Gasteiger partial charge >= 0.3 is 39.5 Å². The molecule has 3 N–H and O–H groups in total. The van der Waals surface area contributed by atoms with E-state index in [9.17, 15) is 43.2 Å². The summed E-state index contributed by atoms with van der Waals surface area (Å²) in [7, 11) is -9.90. The number of hydrogen-bond donors (Lipinski definition) is 3. The topological polar surface area (TPSA) is 237 Å². The molecule has 91 heavy (non-hydrogen) atoms. The first-order chi connectivity index (χ1) is 43.7. The molecular formula is C72H140O17P2. The van der Waals surface area contributed by atoms with Gasteiger partial charge < -0.3 is 33.8 Å². The average molecular weight is 1340 g/mol. The molecule has 5 atom stereocenters. The van der Waals surface area contributed by atoms with Crippen LogP contribution >= 0.6 is 15.6 Å². The van der Waals surface area contributed by atoms with Gasteiger partial charge in [-0.1, -0.05) is 312 Å². The number of aliphatic hydroxyl groups is 1. The Morgan fingerprint density at radius 2 is 0.505 bits per heavy atom. The predicted molar refractivity (Wildman–Crippen MR) is 368 cm³/mol. The maximum absolute atomic E-state index is 13.0. The van der Waals surface area contributed by atoms with E-state index in [0.717, 1.165) is 120 Å². The van der Waals surface area contributed by atoms with E-state index >= 15 is 0 Å². The Morgan fingerprint density at radius 3 is 0.747 bits per heavy atom. The van der Waals surface area contributed by atoms with E-state index in [1.165, 1.54) is 161 Å². The number of phosphoric ester groups is 2. The number of carbonyl (C=O) groups is 4. The van der Waals surface area contributed by atoms with Crippen molar-refractivity contribution in [3.05, 3.63) is 0 Å². The van der Waals surface area contributed by atoms with Crippen molar-refractivity contribution in [3.63, 3.8) is 0 Å². The molecule has 2 unspecified atom stereocenters. The van der Waals surface area contributed by atoms with Crippen molar-refractivity contribution in [2.24, 2.45) is 17.8 Å². The lowest BCUT2D eigenvalue weighted by atomic mass is 10.0. The molecule has 0 fully saturated rings. The van der Waals surface area contributed by atoms with Crippen molar-refractivity contribution in [1.82, 2.24) is 0 Å². The van der Waals surface area contributed by atoms with Gasteiger partial charge in [0.1, 0.15) is 19.3 Å². The first-order valence-electron chi connectivity index (χ1n) is 37.3. The van der Waals surface area contributed by atoms with Crippen LogP contribution in [0, 0.1) is 17.8 Å². The number of hydrogen-bond acceptors (Lipinski definition) is 15. The Kier molecular flexibility index (Phi) is 61.5. The number of esters is 4. The van der Waals surface area contributed by atoms with E-state index in [-0.39, 0.29) is 25.7 Å². The number of unbranched alkanes of at least 4 members (excludes halogenated alkanes) is 38. The van der Waals surface area contributed by atoms with Crippen molar-refractivity contribution < 1.29 is 80.2 Å². The summed E-state index contributed by atoms with van der Waals surface area (Å²) in [6, 6.07) is 0. The van der Waals surface area contributed by atoms with Crippen LogP contribution in [0.2, 0.25) is 0 Å². The zero-order valence-corrected chi connectivity index (χ0v) is 61.1. The SMILES string of the molecule is CCCCCCCCCC(=O)OC[C@H](COP(=O)(O)OC[C@H](O)COP(=O)(O)OC[C@@H](COC(=O)CCCCCCCCCCCCCC(C)C)OC(=O)CCCCCCCCCCCCCCCC(C)C)OC(=O)CCCCCCCCCCCCCC(C)C. The van der Waals surface area contributed by atoms with Gasteiger partial charge in [0.25, 0.3) is 0 Å². The maximum atomic E-state index is 13.0. The molecule has 0 aromatic carbocycles. The largest absolute Gasteiger partial charge is 0.472 e. The van der Waals surface area contributed by atoms with E-state index in [1.54, 1.807) is 0 Å². The van der Waals surface area contributed by atoms with Gasteiger partial charge in [0, 0.05) is 25.7 Å². The fourth-order valence-corrected chi connectivity index (χ4v) is 12.5. The first-order valence-corrected chi connectivity index (χ1v) is 40.3. The second-order valence-corrected chi connectivity index (χ2v) is 30.3. The van der Waals surface area contributed by atoms with E-state index in [0.29, 0.717) is 25.7 Å². The van der Waals surface area contributed by atoms with Gasteiger partial charge in [-0.2, -0.15) is 0 Å². The summed E-state index contributed by atoms with van der Waals surface area (Å²) in [5, 5.41) is 10.6. The highest BCUT2D eigenvalue weighted by molar-refractivity contribution is 7.47. The summed E-state index contributed by atoms with van der Waals surface area (Å²) in [6.07, 6.45) is 47.2. The molecule has 0 heterocycles. The van der Waals surface area contributed by atoms with Crippen molar-refractivity contribution in [3.8, 4) is 0 Å². The van der Waals surface area contributed by atoms with Gasteiger partial charge in [-0.25, -0.2) is 9.13 Å². The van der Waals surface area contributed by atoms with Gasteiger partial charge in [-0.3, -0.25) is 37.3 Å². The van der Waals surface area contributed by atoms with Gasteiger partial charge in [0.2, 0.25) is 0 Å². The fraction of sp³-hybridized carbons (Fsp3) is 0.944.